The van der Waals surface area contributed by atoms with Crippen molar-refractivity contribution < 1.29 is 18.3 Å². The van der Waals surface area contributed by atoms with Crippen molar-refractivity contribution in [2.75, 3.05) is 4.90 Å². The quantitative estimate of drug-likeness (QED) is 0.337. The third-order valence-electron chi connectivity index (χ3n) is 7.79. The SMILES string of the molecule is Cc1cc(C)c(C2C(C#N)=C(N)N(c3ccc(F)c(Cl)c3)C3=C2C(=O)CC(C)(C)C3)cc1COc1ccc(F)cc1. The average Bonchev–Trinajstić information content (AvgIpc) is 2.90. The number of halogens is 3. The molecule has 0 amide bonds. The van der Waals surface area contributed by atoms with Crippen LogP contribution in [0.5, 0.6) is 5.75 Å². The Balaban J connectivity index is 1.66. The zero-order chi connectivity index (χ0) is 29.6. The maximum atomic E-state index is 14.1. The number of carbonyl (C=O) groups excluding carboxylic acids is 1. The predicted octanol–water partition coefficient (Wildman–Crippen LogP) is 7.75. The van der Waals surface area contributed by atoms with Gasteiger partial charge in [0.25, 0.3) is 0 Å². The molecule has 0 saturated heterocycles. The molecule has 1 aliphatic carbocycles. The first-order valence-electron chi connectivity index (χ1n) is 13.3. The van der Waals surface area contributed by atoms with Crippen molar-refractivity contribution in [3.05, 3.63) is 116 Å². The first-order valence-corrected chi connectivity index (χ1v) is 13.7. The highest BCUT2D eigenvalue weighted by Gasteiger charge is 2.45. The number of nitrogens with two attached hydrogens (primary N) is 1. The van der Waals surface area contributed by atoms with Gasteiger partial charge < -0.3 is 10.5 Å². The van der Waals surface area contributed by atoms with Crippen molar-refractivity contribution in [1.29, 1.82) is 5.26 Å². The summed E-state index contributed by atoms with van der Waals surface area (Å²) in [5, 5.41) is 10.4. The molecule has 2 aliphatic rings. The highest BCUT2D eigenvalue weighted by Crippen LogP contribution is 2.51. The highest BCUT2D eigenvalue weighted by atomic mass is 35.5. The van der Waals surface area contributed by atoms with Crippen LogP contribution < -0.4 is 15.4 Å². The second-order valence-electron chi connectivity index (χ2n) is 11.5. The van der Waals surface area contributed by atoms with Gasteiger partial charge in [-0.2, -0.15) is 5.26 Å². The van der Waals surface area contributed by atoms with Crippen molar-refractivity contribution in [2.45, 2.75) is 53.1 Å². The number of hydrogen-bond acceptors (Lipinski definition) is 5. The van der Waals surface area contributed by atoms with Crippen LogP contribution in [0.3, 0.4) is 0 Å². The van der Waals surface area contributed by atoms with Crippen LogP contribution in [0.1, 0.15) is 54.9 Å². The molecule has 210 valence electrons. The predicted molar refractivity (Wildman–Crippen MR) is 155 cm³/mol. The lowest BCUT2D eigenvalue weighted by Crippen LogP contribution is -2.42. The number of aryl methyl sites for hydroxylation is 2. The molecular formula is C33H30ClF2N3O2. The zero-order valence-electron chi connectivity index (χ0n) is 23.3. The van der Waals surface area contributed by atoms with Gasteiger partial charge in [-0.15, -0.1) is 0 Å². The van der Waals surface area contributed by atoms with Gasteiger partial charge in [-0.25, -0.2) is 8.78 Å². The van der Waals surface area contributed by atoms with Crippen LogP contribution in [0.15, 0.2) is 77.3 Å². The summed E-state index contributed by atoms with van der Waals surface area (Å²) < 4.78 is 33.4. The van der Waals surface area contributed by atoms with E-state index in [1.807, 2.05) is 39.8 Å². The van der Waals surface area contributed by atoms with Crippen LogP contribution >= 0.6 is 11.6 Å². The van der Waals surface area contributed by atoms with E-state index in [2.05, 4.69) is 6.07 Å². The van der Waals surface area contributed by atoms with Gasteiger partial charge in [-0.05, 0) is 90.4 Å². The van der Waals surface area contributed by atoms with E-state index in [1.54, 1.807) is 23.1 Å². The molecule has 0 aromatic heterocycles. The maximum absolute atomic E-state index is 14.1. The van der Waals surface area contributed by atoms with Crippen LogP contribution in [0, 0.1) is 42.2 Å². The third-order valence-corrected chi connectivity index (χ3v) is 8.08. The molecule has 41 heavy (non-hydrogen) atoms. The molecule has 0 spiro atoms. The molecular weight excluding hydrogens is 544 g/mol. The number of nitrogens with zero attached hydrogens (tertiary/aromatic N) is 2. The molecule has 3 aromatic carbocycles. The number of rotatable bonds is 5. The van der Waals surface area contributed by atoms with E-state index < -0.39 is 11.7 Å². The Morgan fingerprint density at radius 2 is 1.78 bits per heavy atom. The molecule has 0 fully saturated rings. The van der Waals surface area contributed by atoms with E-state index in [4.69, 9.17) is 22.1 Å². The molecule has 8 heteroatoms. The summed E-state index contributed by atoms with van der Waals surface area (Å²) >= 11 is 6.13. The van der Waals surface area contributed by atoms with Crippen LogP contribution in [0.2, 0.25) is 5.02 Å². The van der Waals surface area contributed by atoms with Gasteiger partial charge in [0.1, 0.15) is 29.8 Å². The minimum Gasteiger partial charge on any atom is -0.489 e. The Morgan fingerprint density at radius 3 is 2.44 bits per heavy atom. The molecule has 1 heterocycles. The second-order valence-corrected chi connectivity index (χ2v) is 11.9. The van der Waals surface area contributed by atoms with Crippen molar-refractivity contribution >= 4 is 23.1 Å². The van der Waals surface area contributed by atoms with Crippen molar-refractivity contribution in [3.63, 3.8) is 0 Å². The van der Waals surface area contributed by atoms with Crippen LogP contribution in [-0.4, -0.2) is 5.78 Å². The number of nitriles is 1. The van der Waals surface area contributed by atoms with Gasteiger partial charge in [0.2, 0.25) is 0 Å². The number of benzene rings is 3. The number of anilines is 1. The van der Waals surface area contributed by atoms with Gasteiger partial charge in [-0.1, -0.05) is 37.6 Å². The van der Waals surface area contributed by atoms with Crippen LogP contribution in [-0.2, 0) is 11.4 Å². The fourth-order valence-corrected chi connectivity index (χ4v) is 5.99. The fourth-order valence-electron chi connectivity index (χ4n) is 5.81. The summed E-state index contributed by atoms with van der Waals surface area (Å²) in [5.41, 5.74) is 11.8. The Hall–Kier alpha value is -4.15. The van der Waals surface area contributed by atoms with Gasteiger partial charge in [0.15, 0.2) is 5.78 Å². The molecule has 0 radical (unpaired) electrons. The number of carbonyl (C=O) groups is 1. The summed E-state index contributed by atoms with van der Waals surface area (Å²) in [6, 6.07) is 16.3. The Kier molecular flexibility index (Phi) is 7.39. The molecule has 2 N–H and O–H groups in total. The van der Waals surface area contributed by atoms with E-state index in [0.717, 1.165) is 22.3 Å². The summed E-state index contributed by atoms with van der Waals surface area (Å²) in [7, 11) is 0. The van der Waals surface area contributed by atoms with Gasteiger partial charge in [-0.3, -0.25) is 9.69 Å². The Bertz CT molecular complexity index is 1670. The maximum Gasteiger partial charge on any atom is 0.162 e. The minimum absolute atomic E-state index is 0.0659. The first-order chi connectivity index (χ1) is 19.4. The lowest BCUT2D eigenvalue weighted by atomic mass is 9.68. The molecule has 0 bridgehead atoms. The topological polar surface area (TPSA) is 79.4 Å². The number of ether oxygens (including phenoxy) is 1. The first kappa shape index (κ1) is 28.4. The number of Topliss-reactive ketones (excluding diaryl/α,β-unsaturated/α-hetero) is 1. The molecule has 1 atom stereocenters. The van der Waals surface area contributed by atoms with Crippen molar-refractivity contribution in [3.8, 4) is 11.8 Å². The number of hydrogen-bond donors (Lipinski definition) is 1. The van der Waals surface area contributed by atoms with Crippen LogP contribution in [0.25, 0.3) is 0 Å². The Labute approximate surface area is 243 Å². The summed E-state index contributed by atoms with van der Waals surface area (Å²) in [4.78, 5) is 15.6. The molecule has 1 unspecified atom stereocenters. The zero-order valence-corrected chi connectivity index (χ0v) is 24.1. The van der Waals surface area contributed by atoms with Crippen molar-refractivity contribution in [1.82, 2.24) is 0 Å². The van der Waals surface area contributed by atoms with Gasteiger partial charge in [0.05, 0.1) is 22.6 Å². The van der Waals surface area contributed by atoms with Crippen LogP contribution in [0.4, 0.5) is 14.5 Å². The van der Waals surface area contributed by atoms with Crippen molar-refractivity contribution in [2.24, 2.45) is 11.1 Å². The van der Waals surface area contributed by atoms with E-state index in [-0.39, 0.29) is 40.0 Å². The normalized spacial score (nSPS) is 18.3. The lowest BCUT2D eigenvalue weighted by Gasteiger charge is -2.44. The fraction of sp³-hybridized carbons (Fsp3) is 0.273. The molecule has 0 saturated carbocycles. The molecule has 5 nitrogen and oxygen atoms in total. The highest BCUT2D eigenvalue weighted by molar-refractivity contribution is 6.31. The summed E-state index contributed by atoms with van der Waals surface area (Å²) in [6.07, 6.45) is 0.828. The summed E-state index contributed by atoms with van der Waals surface area (Å²) in [6.45, 7) is 8.16. The van der Waals surface area contributed by atoms with E-state index in [1.165, 1.54) is 24.3 Å². The summed E-state index contributed by atoms with van der Waals surface area (Å²) in [5.74, 6) is -0.976. The molecule has 1 aliphatic heterocycles. The third kappa shape index (κ3) is 5.32. The monoisotopic (exact) mass is 573 g/mol. The van der Waals surface area contributed by atoms with Gasteiger partial charge >= 0.3 is 0 Å². The standard InChI is InChI=1S/C33H30ClF2N3O2/c1-18-11-19(2)24(12-20(18)17-41-23-8-5-21(35)6-9-23)30-25(16-37)32(38)39(22-7-10-27(36)26(34)13-22)28-14-33(3,4)15-29(40)31(28)30/h5-13,30H,14-15,17,38H2,1-4H3. The second kappa shape index (κ2) is 10.7. The minimum atomic E-state index is -0.684. The van der Waals surface area contributed by atoms with E-state index >= 15 is 0 Å². The molecule has 5 rings (SSSR count). The van der Waals surface area contributed by atoms with E-state index in [9.17, 15) is 18.8 Å². The number of allylic oxidation sites excluding steroid dienone is 3. The largest absolute Gasteiger partial charge is 0.489 e. The van der Waals surface area contributed by atoms with Gasteiger partial charge in [0, 0.05) is 23.4 Å². The lowest BCUT2D eigenvalue weighted by molar-refractivity contribution is -0.118. The molecule has 3 aromatic rings. The van der Waals surface area contributed by atoms with E-state index in [0.29, 0.717) is 35.5 Å². The number of ketones is 1. The Morgan fingerprint density at radius 1 is 1.07 bits per heavy atom. The average molecular weight is 574 g/mol. The smallest absolute Gasteiger partial charge is 0.162 e.